The first-order chi connectivity index (χ1) is 9.77. The van der Waals surface area contributed by atoms with Crippen LogP contribution in [0.15, 0.2) is 35.7 Å². The topological polar surface area (TPSA) is 67.5 Å². The summed E-state index contributed by atoms with van der Waals surface area (Å²) in [6, 6.07) is 7.15. The highest BCUT2D eigenvalue weighted by atomic mass is 16.4. The standard InChI is InChI=1S/C15H15N3O2/c1-2-3-8-18-9-16-13-12(17-20)10-6-4-5-7-11(10)15(19)14(13)18/h4-7,9,20H,2-3,8H2,1H3/b17-12+. The van der Waals surface area contributed by atoms with E-state index >= 15 is 0 Å². The monoisotopic (exact) mass is 269 g/mol. The fourth-order valence-corrected chi connectivity index (χ4v) is 2.54. The van der Waals surface area contributed by atoms with E-state index in [1.165, 1.54) is 0 Å². The molecule has 102 valence electrons. The quantitative estimate of drug-likeness (QED) is 0.586. The largest absolute Gasteiger partial charge is 0.410 e. The molecule has 1 aliphatic rings. The van der Waals surface area contributed by atoms with Crippen molar-refractivity contribution in [2.24, 2.45) is 5.16 Å². The first kappa shape index (κ1) is 12.6. The van der Waals surface area contributed by atoms with E-state index in [0.29, 0.717) is 28.2 Å². The average Bonchev–Trinajstić information content (AvgIpc) is 2.90. The number of fused-ring (bicyclic) bond motifs is 2. The van der Waals surface area contributed by atoms with Crippen LogP contribution in [0.2, 0.25) is 0 Å². The van der Waals surface area contributed by atoms with Gasteiger partial charge in [-0.15, -0.1) is 0 Å². The third kappa shape index (κ3) is 1.74. The second-order valence-electron chi connectivity index (χ2n) is 4.81. The van der Waals surface area contributed by atoms with Crippen LogP contribution >= 0.6 is 0 Å². The third-order valence-corrected chi connectivity index (χ3v) is 3.56. The molecular formula is C15H15N3O2. The first-order valence-corrected chi connectivity index (χ1v) is 6.69. The Labute approximate surface area is 116 Å². The first-order valence-electron chi connectivity index (χ1n) is 6.69. The number of unbranched alkanes of at least 4 members (excludes halogenated alkanes) is 1. The lowest BCUT2D eigenvalue weighted by atomic mass is 9.89. The summed E-state index contributed by atoms with van der Waals surface area (Å²) in [6.07, 6.45) is 3.66. The highest BCUT2D eigenvalue weighted by molar-refractivity contribution is 6.28. The number of hydrogen-bond acceptors (Lipinski definition) is 4. The molecule has 3 rings (SSSR count). The molecule has 0 spiro atoms. The molecule has 0 radical (unpaired) electrons. The van der Waals surface area contributed by atoms with Crippen LogP contribution in [-0.4, -0.2) is 26.3 Å². The number of aryl methyl sites for hydroxylation is 1. The Hall–Kier alpha value is -2.43. The Morgan fingerprint density at radius 1 is 1.30 bits per heavy atom. The van der Waals surface area contributed by atoms with Gasteiger partial charge in [0.2, 0.25) is 5.78 Å². The molecule has 1 aliphatic carbocycles. The molecule has 0 fully saturated rings. The van der Waals surface area contributed by atoms with Crippen LogP contribution in [0, 0.1) is 0 Å². The number of nitrogens with zero attached hydrogens (tertiary/aromatic N) is 3. The Kier molecular flexibility index (Phi) is 3.10. The number of carbonyl (C=O) groups is 1. The highest BCUT2D eigenvalue weighted by Crippen LogP contribution is 2.27. The minimum atomic E-state index is -0.0587. The normalized spacial score (nSPS) is 15.2. The summed E-state index contributed by atoms with van der Waals surface area (Å²) in [4.78, 5) is 16.9. The van der Waals surface area contributed by atoms with Crippen molar-refractivity contribution < 1.29 is 10.0 Å². The molecule has 20 heavy (non-hydrogen) atoms. The van der Waals surface area contributed by atoms with Crippen LogP contribution in [0.5, 0.6) is 0 Å². The van der Waals surface area contributed by atoms with Gasteiger partial charge in [0.1, 0.15) is 17.1 Å². The summed E-state index contributed by atoms with van der Waals surface area (Å²) < 4.78 is 1.85. The maximum absolute atomic E-state index is 12.6. The maximum Gasteiger partial charge on any atom is 0.212 e. The van der Waals surface area contributed by atoms with Crippen LogP contribution in [0.3, 0.4) is 0 Å². The van der Waals surface area contributed by atoms with Gasteiger partial charge in [-0.1, -0.05) is 42.8 Å². The number of aromatic nitrogens is 2. The summed E-state index contributed by atoms with van der Waals surface area (Å²) in [6.45, 7) is 2.84. The molecule has 1 heterocycles. The summed E-state index contributed by atoms with van der Waals surface area (Å²) in [5, 5.41) is 12.6. The van der Waals surface area contributed by atoms with Crippen molar-refractivity contribution in [3.05, 3.63) is 53.1 Å². The van der Waals surface area contributed by atoms with Crippen molar-refractivity contribution >= 4 is 11.5 Å². The Morgan fingerprint density at radius 3 is 2.75 bits per heavy atom. The van der Waals surface area contributed by atoms with Crippen molar-refractivity contribution in [3.8, 4) is 0 Å². The van der Waals surface area contributed by atoms with Gasteiger partial charge >= 0.3 is 0 Å². The van der Waals surface area contributed by atoms with Gasteiger partial charge in [0.25, 0.3) is 0 Å². The molecule has 0 atom stereocenters. The molecule has 0 aliphatic heterocycles. The summed E-state index contributed by atoms with van der Waals surface area (Å²) in [5.74, 6) is -0.0587. The molecule has 0 unspecified atom stereocenters. The number of imidazole rings is 1. The SMILES string of the molecule is CCCCn1cnc2c1C(=O)c1ccccc1/C2=N\O. The van der Waals surface area contributed by atoms with Gasteiger partial charge in [0, 0.05) is 17.7 Å². The molecule has 2 aromatic rings. The van der Waals surface area contributed by atoms with E-state index < -0.39 is 0 Å². The van der Waals surface area contributed by atoms with E-state index in [1.807, 2.05) is 16.7 Å². The minimum absolute atomic E-state index is 0.0587. The fourth-order valence-electron chi connectivity index (χ4n) is 2.54. The zero-order valence-corrected chi connectivity index (χ0v) is 11.2. The number of hydrogen-bond donors (Lipinski definition) is 1. The van der Waals surface area contributed by atoms with Crippen LogP contribution in [0.25, 0.3) is 0 Å². The van der Waals surface area contributed by atoms with Gasteiger partial charge < -0.3 is 9.77 Å². The van der Waals surface area contributed by atoms with E-state index in [4.69, 9.17) is 0 Å². The second kappa shape index (κ2) is 4.92. The zero-order chi connectivity index (χ0) is 14.1. The predicted molar refractivity (Wildman–Crippen MR) is 74.4 cm³/mol. The number of ketones is 1. The molecule has 0 amide bonds. The van der Waals surface area contributed by atoms with E-state index in [9.17, 15) is 10.0 Å². The molecule has 0 saturated heterocycles. The van der Waals surface area contributed by atoms with Gasteiger partial charge in [0.15, 0.2) is 0 Å². The fraction of sp³-hybridized carbons (Fsp3) is 0.267. The van der Waals surface area contributed by atoms with E-state index in [-0.39, 0.29) is 5.78 Å². The lowest BCUT2D eigenvalue weighted by Crippen LogP contribution is -2.24. The van der Waals surface area contributed by atoms with Gasteiger partial charge in [-0.05, 0) is 6.42 Å². The number of benzene rings is 1. The van der Waals surface area contributed by atoms with Crippen LogP contribution in [0.4, 0.5) is 0 Å². The smallest absolute Gasteiger partial charge is 0.212 e. The number of rotatable bonds is 3. The molecule has 0 bridgehead atoms. The van der Waals surface area contributed by atoms with Gasteiger partial charge in [-0.3, -0.25) is 4.79 Å². The van der Waals surface area contributed by atoms with Gasteiger partial charge in [0.05, 0.1) is 6.33 Å². The summed E-state index contributed by atoms with van der Waals surface area (Å²) >= 11 is 0. The molecule has 1 aromatic carbocycles. The minimum Gasteiger partial charge on any atom is -0.410 e. The van der Waals surface area contributed by atoms with Gasteiger partial charge in [-0.25, -0.2) is 4.98 Å². The lowest BCUT2D eigenvalue weighted by molar-refractivity contribution is 0.102. The Morgan fingerprint density at radius 2 is 2.05 bits per heavy atom. The van der Waals surface area contributed by atoms with Crippen LogP contribution in [0.1, 0.15) is 47.1 Å². The maximum atomic E-state index is 12.6. The van der Waals surface area contributed by atoms with Crippen molar-refractivity contribution in [2.45, 2.75) is 26.3 Å². The van der Waals surface area contributed by atoms with Gasteiger partial charge in [-0.2, -0.15) is 0 Å². The molecule has 1 N–H and O–H groups in total. The number of oxime groups is 1. The number of carbonyl (C=O) groups excluding carboxylic acids is 1. The Balaban J connectivity index is 2.17. The van der Waals surface area contributed by atoms with Crippen molar-refractivity contribution in [2.75, 3.05) is 0 Å². The average molecular weight is 269 g/mol. The third-order valence-electron chi connectivity index (χ3n) is 3.56. The zero-order valence-electron chi connectivity index (χ0n) is 11.2. The summed E-state index contributed by atoms with van der Waals surface area (Å²) in [5.41, 5.74) is 2.54. The predicted octanol–water partition coefficient (Wildman–Crippen LogP) is 2.45. The van der Waals surface area contributed by atoms with Crippen LogP contribution in [-0.2, 0) is 6.54 Å². The molecule has 1 aromatic heterocycles. The molecule has 0 saturated carbocycles. The second-order valence-corrected chi connectivity index (χ2v) is 4.81. The Bertz CT molecular complexity index is 701. The molecule has 5 heteroatoms. The lowest BCUT2D eigenvalue weighted by Gasteiger charge is -2.17. The van der Waals surface area contributed by atoms with Crippen molar-refractivity contribution in [1.29, 1.82) is 0 Å². The molecular weight excluding hydrogens is 254 g/mol. The van der Waals surface area contributed by atoms with Crippen molar-refractivity contribution in [3.63, 3.8) is 0 Å². The summed E-state index contributed by atoms with van der Waals surface area (Å²) in [7, 11) is 0. The van der Waals surface area contributed by atoms with Crippen molar-refractivity contribution in [1.82, 2.24) is 9.55 Å². The van der Waals surface area contributed by atoms with E-state index in [0.717, 1.165) is 19.4 Å². The highest BCUT2D eigenvalue weighted by Gasteiger charge is 2.32. The molecule has 5 nitrogen and oxygen atoms in total. The van der Waals surface area contributed by atoms with E-state index in [1.54, 1.807) is 18.5 Å². The van der Waals surface area contributed by atoms with E-state index in [2.05, 4.69) is 17.1 Å². The van der Waals surface area contributed by atoms with Crippen LogP contribution < -0.4 is 0 Å².